The Morgan fingerprint density at radius 1 is 1.06 bits per heavy atom. The quantitative estimate of drug-likeness (QED) is 0.700. The van der Waals surface area contributed by atoms with Gasteiger partial charge in [-0.3, -0.25) is 4.79 Å². The molecule has 176 valence electrons. The van der Waals surface area contributed by atoms with E-state index in [0.717, 1.165) is 29.0 Å². The van der Waals surface area contributed by atoms with Gasteiger partial charge in [-0.2, -0.15) is 0 Å². The molecule has 2 aliphatic heterocycles. The van der Waals surface area contributed by atoms with Gasteiger partial charge in [0.2, 0.25) is 0 Å². The number of hydrogen-bond acceptors (Lipinski definition) is 5. The second kappa shape index (κ2) is 9.33. The third-order valence-electron chi connectivity index (χ3n) is 5.92. The van der Waals surface area contributed by atoms with Gasteiger partial charge < -0.3 is 24.0 Å². The fraction of sp³-hybridized carbons (Fsp3) is 0.462. The fourth-order valence-electron chi connectivity index (χ4n) is 4.37. The zero-order valence-corrected chi connectivity index (χ0v) is 19.8. The van der Waals surface area contributed by atoms with Gasteiger partial charge >= 0.3 is 6.09 Å². The molecule has 0 atom stereocenters. The van der Waals surface area contributed by atoms with Crippen LogP contribution >= 0.6 is 0 Å². The molecule has 0 saturated carbocycles. The van der Waals surface area contributed by atoms with Crippen molar-refractivity contribution in [2.24, 2.45) is 0 Å². The SMILES string of the molecule is Cc1c2c(cc3c1N(C(=O)COc1ccccc1)CCO3)CCN(C(=O)OC(C)(C)C)CC2. The van der Waals surface area contributed by atoms with Crippen LogP contribution in [0.4, 0.5) is 10.5 Å². The van der Waals surface area contributed by atoms with Gasteiger partial charge in [0.1, 0.15) is 23.7 Å². The molecule has 33 heavy (non-hydrogen) atoms. The Morgan fingerprint density at radius 2 is 1.79 bits per heavy atom. The Labute approximate surface area is 195 Å². The van der Waals surface area contributed by atoms with Crippen molar-refractivity contribution in [2.75, 3.05) is 37.7 Å². The Hall–Kier alpha value is -3.22. The van der Waals surface area contributed by atoms with Crippen LogP contribution in [-0.2, 0) is 22.4 Å². The van der Waals surface area contributed by atoms with Crippen LogP contribution in [0.2, 0.25) is 0 Å². The first-order valence-electron chi connectivity index (χ1n) is 11.5. The van der Waals surface area contributed by atoms with Crippen molar-refractivity contribution in [2.45, 2.75) is 46.1 Å². The van der Waals surface area contributed by atoms with Crippen LogP contribution in [0.3, 0.4) is 0 Å². The summed E-state index contributed by atoms with van der Waals surface area (Å²) in [6.07, 6.45) is 1.14. The van der Waals surface area contributed by atoms with E-state index in [4.69, 9.17) is 14.2 Å². The van der Waals surface area contributed by atoms with Crippen molar-refractivity contribution in [3.63, 3.8) is 0 Å². The molecule has 0 unspecified atom stereocenters. The van der Waals surface area contributed by atoms with Gasteiger partial charge in [-0.25, -0.2) is 4.79 Å². The van der Waals surface area contributed by atoms with Crippen molar-refractivity contribution in [1.29, 1.82) is 0 Å². The maximum absolute atomic E-state index is 13.1. The highest BCUT2D eigenvalue weighted by Crippen LogP contribution is 2.40. The Balaban J connectivity index is 1.53. The van der Waals surface area contributed by atoms with Crippen molar-refractivity contribution >= 4 is 17.7 Å². The van der Waals surface area contributed by atoms with Gasteiger partial charge in [0.25, 0.3) is 5.91 Å². The molecule has 0 spiro atoms. The lowest BCUT2D eigenvalue weighted by Crippen LogP contribution is -2.41. The third kappa shape index (κ3) is 5.24. The summed E-state index contributed by atoms with van der Waals surface area (Å²) in [6, 6.07) is 11.4. The molecule has 4 rings (SSSR count). The maximum atomic E-state index is 13.1. The number of anilines is 1. The minimum absolute atomic E-state index is 0.0353. The van der Waals surface area contributed by atoms with Crippen LogP contribution in [0.1, 0.15) is 37.5 Å². The molecule has 2 aromatic rings. The van der Waals surface area contributed by atoms with Crippen LogP contribution in [0.5, 0.6) is 11.5 Å². The molecule has 0 saturated heterocycles. The topological polar surface area (TPSA) is 68.3 Å². The number of para-hydroxylation sites is 1. The van der Waals surface area contributed by atoms with Crippen LogP contribution in [0.15, 0.2) is 36.4 Å². The smallest absolute Gasteiger partial charge is 0.410 e. The highest BCUT2D eigenvalue weighted by Gasteiger charge is 2.31. The van der Waals surface area contributed by atoms with E-state index in [0.29, 0.717) is 38.4 Å². The first kappa shape index (κ1) is 23.0. The lowest BCUT2D eigenvalue weighted by atomic mass is 9.94. The lowest BCUT2D eigenvalue weighted by Gasteiger charge is -2.32. The highest BCUT2D eigenvalue weighted by molar-refractivity contribution is 5.97. The van der Waals surface area contributed by atoms with Crippen LogP contribution in [0.25, 0.3) is 0 Å². The number of rotatable bonds is 3. The summed E-state index contributed by atoms with van der Waals surface area (Å²) in [5.41, 5.74) is 3.65. The molecule has 2 aromatic carbocycles. The number of nitrogens with zero attached hydrogens (tertiary/aromatic N) is 2. The van der Waals surface area contributed by atoms with Crippen molar-refractivity contribution in [3.8, 4) is 11.5 Å². The van der Waals surface area contributed by atoms with Crippen LogP contribution < -0.4 is 14.4 Å². The Kier molecular flexibility index (Phi) is 6.49. The molecule has 0 bridgehead atoms. The van der Waals surface area contributed by atoms with Gasteiger partial charge in [0.15, 0.2) is 6.61 Å². The largest absolute Gasteiger partial charge is 0.490 e. The predicted octanol–water partition coefficient (Wildman–Crippen LogP) is 4.14. The zero-order chi connectivity index (χ0) is 23.6. The maximum Gasteiger partial charge on any atom is 0.410 e. The van der Waals surface area contributed by atoms with Gasteiger partial charge in [-0.15, -0.1) is 0 Å². The third-order valence-corrected chi connectivity index (χ3v) is 5.92. The van der Waals surface area contributed by atoms with E-state index in [-0.39, 0.29) is 18.6 Å². The molecule has 0 radical (unpaired) electrons. The monoisotopic (exact) mass is 452 g/mol. The second-order valence-corrected chi connectivity index (χ2v) is 9.45. The first-order valence-corrected chi connectivity index (χ1v) is 11.5. The molecule has 0 aliphatic carbocycles. The summed E-state index contributed by atoms with van der Waals surface area (Å²) in [5.74, 6) is 1.28. The number of ether oxygens (including phenoxy) is 3. The number of carbonyl (C=O) groups is 2. The average molecular weight is 453 g/mol. The molecule has 2 aliphatic rings. The summed E-state index contributed by atoms with van der Waals surface area (Å²) in [4.78, 5) is 29.2. The normalized spacial score (nSPS) is 15.6. The van der Waals surface area contributed by atoms with E-state index in [2.05, 4.69) is 0 Å². The van der Waals surface area contributed by atoms with Gasteiger partial charge in [-0.1, -0.05) is 18.2 Å². The van der Waals surface area contributed by atoms with Crippen LogP contribution in [0, 0.1) is 6.92 Å². The molecule has 0 fully saturated rings. The highest BCUT2D eigenvalue weighted by atomic mass is 16.6. The molecule has 2 amide bonds. The molecule has 7 nitrogen and oxygen atoms in total. The summed E-state index contributed by atoms with van der Waals surface area (Å²) in [7, 11) is 0. The summed E-state index contributed by atoms with van der Waals surface area (Å²) in [5, 5.41) is 0. The summed E-state index contributed by atoms with van der Waals surface area (Å²) < 4.78 is 17.2. The molecule has 7 heteroatoms. The molecule has 2 heterocycles. The Bertz CT molecular complexity index is 1030. The van der Waals surface area contributed by atoms with Gasteiger partial charge in [0.05, 0.1) is 12.2 Å². The number of carbonyl (C=O) groups excluding carboxylic acids is 2. The van der Waals surface area contributed by atoms with E-state index >= 15 is 0 Å². The number of fused-ring (bicyclic) bond motifs is 2. The zero-order valence-electron chi connectivity index (χ0n) is 19.8. The van der Waals surface area contributed by atoms with Crippen molar-refractivity contribution in [3.05, 3.63) is 53.1 Å². The standard InChI is InChI=1S/C26H32N2O5/c1-18-21-11-13-27(25(30)33-26(2,3)4)12-10-19(21)16-22-24(18)28(14-15-31-22)23(29)17-32-20-8-6-5-7-9-20/h5-9,16H,10-15,17H2,1-4H3. The number of hydrogen-bond donors (Lipinski definition) is 0. The second-order valence-electron chi connectivity index (χ2n) is 9.45. The Morgan fingerprint density at radius 3 is 2.52 bits per heavy atom. The van der Waals surface area contributed by atoms with E-state index in [9.17, 15) is 9.59 Å². The van der Waals surface area contributed by atoms with Crippen LogP contribution in [-0.4, -0.2) is 55.3 Å². The first-order chi connectivity index (χ1) is 15.7. The predicted molar refractivity (Wildman–Crippen MR) is 126 cm³/mol. The minimum atomic E-state index is -0.526. The van der Waals surface area contributed by atoms with Gasteiger partial charge in [0, 0.05) is 13.1 Å². The summed E-state index contributed by atoms with van der Waals surface area (Å²) >= 11 is 0. The number of amides is 2. The van der Waals surface area contributed by atoms with Gasteiger partial charge in [-0.05, 0) is 75.4 Å². The van der Waals surface area contributed by atoms with E-state index in [1.54, 1.807) is 9.80 Å². The number of benzene rings is 2. The van der Waals surface area contributed by atoms with E-state index < -0.39 is 5.60 Å². The summed E-state index contributed by atoms with van der Waals surface area (Å²) in [6.45, 7) is 9.71. The molecular weight excluding hydrogens is 420 g/mol. The van der Waals surface area contributed by atoms with Crippen molar-refractivity contribution < 1.29 is 23.8 Å². The molecule has 0 aromatic heterocycles. The van der Waals surface area contributed by atoms with E-state index in [1.807, 2.05) is 64.1 Å². The molecule has 0 N–H and O–H groups in total. The minimum Gasteiger partial charge on any atom is -0.490 e. The van der Waals surface area contributed by atoms with E-state index in [1.165, 1.54) is 5.56 Å². The average Bonchev–Trinajstić information content (AvgIpc) is 3.00. The fourth-order valence-corrected chi connectivity index (χ4v) is 4.37. The lowest BCUT2D eigenvalue weighted by molar-refractivity contribution is -0.120. The molecular formula is C26H32N2O5. The van der Waals surface area contributed by atoms with Crippen molar-refractivity contribution in [1.82, 2.24) is 4.90 Å².